The Balaban J connectivity index is 1.54. The molecular formula is C18H14ClN5S. The van der Waals surface area contributed by atoms with Crippen molar-refractivity contribution < 1.29 is 0 Å². The fourth-order valence-corrected chi connectivity index (χ4v) is 3.48. The largest absolute Gasteiger partial charge is 0.364 e. The molecule has 0 atom stereocenters. The Morgan fingerprint density at radius 1 is 1.12 bits per heavy atom. The summed E-state index contributed by atoms with van der Waals surface area (Å²) in [6.07, 6.45) is 3.43. The SMILES string of the molecule is Cc1cc(NCc2csc(-c3ncccn3)n2)nc2cc(Cl)ccc12. The fourth-order valence-electron chi connectivity index (χ4n) is 2.55. The first kappa shape index (κ1) is 15.9. The summed E-state index contributed by atoms with van der Waals surface area (Å²) < 4.78 is 0. The first-order chi connectivity index (χ1) is 12.2. The average molecular weight is 368 g/mol. The number of aromatic nitrogens is 4. The first-order valence-corrected chi connectivity index (χ1v) is 8.97. The van der Waals surface area contributed by atoms with Crippen molar-refractivity contribution in [2.75, 3.05) is 5.32 Å². The van der Waals surface area contributed by atoms with Crippen molar-refractivity contribution in [3.63, 3.8) is 0 Å². The van der Waals surface area contributed by atoms with Gasteiger partial charge in [0.1, 0.15) is 5.82 Å². The zero-order chi connectivity index (χ0) is 17.2. The van der Waals surface area contributed by atoms with Gasteiger partial charge in [-0.15, -0.1) is 11.3 Å². The van der Waals surface area contributed by atoms with E-state index in [0.29, 0.717) is 17.4 Å². The Morgan fingerprint density at radius 3 is 2.80 bits per heavy atom. The fraction of sp³-hybridized carbons (Fsp3) is 0.111. The van der Waals surface area contributed by atoms with Crippen molar-refractivity contribution in [3.8, 4) is 10.8 Å². The quantitative estimate of drug-likeness (QED) is 0.565. The van der Waals surface area contributed by atoms with Crippen molar-refractivity contribution >= 4 is 39.7 Å². The molecule has 124 valence electrons. The third-order valence-corrected chi connectivity index (χ3v) is 4.86. The van der Waals surface area contributed by atoms with E-state index in [4.69, 9.17) is 11.6 Å². The summed E-state index contributed by atoms with van der Waals surface area (Å²) in [5.74, 6) is 1.45. The van der Waals surface area contributed by atoms with E-state index >= 15 is 0 Å². The molecule has 0 bridgehead atoms. The van der Waals surface area contributed by atoms with Crippen molar-refractivity contribution in [1.82, 2.24) is 19.9 Å². The average Bonchev–Trinajstić information content (AvgIpc) is 3.09. The van der Waals surface area contributed by atoms with Crippen LogP contribution < -0.4 is 5.32 Å². The molecule has 1 aromatic carbocycles. The van der Waals surface area contributed by atoms with Crippen molar-refractivity contribution in [2.24, 2.45) is 0 Å². The zero-order valence-electron chi connectivity index (χ0n) is 13.4. The van der Waals surface area contributed by atoms with Crippen LogP contribution in [0.25, 0.3) is 21.7 Å². The van der Waals surface area contributed by atoms with E-state index in [0.717, 1.165) is 33.0 Å². The van der Waals surface area contributed by atoms with Crippen LogP contribution in [0.15, 0.2) is 48.1 Å². The Bertz CT molecular complexity index is 1030. The van der Waals surface area contributed by atoms with Crippen LogP contribution in [0, 0.1) is 6.92 Å². The summed E-state index contributed by atoms with van der Waals surface area (Å²) in [5, 5.41) is 7.93. The summed E-state index contributed by atoms with van der Waals surface area (Å²) in [5.41, 5.74) is 2.96. The van der Waals surface area contributed by atoms with E-state index in [9.17, 15) is 0 Å². The van der Waals surface area contributed by atoms with Crippen LogP contribution in [0.4, 0.5) is 5.82 Å². The molecule has 0 saturated heterocycles. The monoisotopic (exact) mass is 367 g/mol. The van der Waals surface area contributed by atoms with Crippen LogP contribution in [-0.4, -0.2) is 19.9 Å². The highest BCUT2D eigenvalue weighted by Crippen LogP contribution is 2.24. The van der Waals surface area contributed by atoms with E-state index < -0.39 is 0 Å². The Kier molecular flexibility index (Phi) is 4.29. The first-order valence-electron chi connectivity index (χ1n) is 7.71. The van der Waals surface area contributed by atoms with Crippen LogP contribution >= 0.6 is 22.9 Å². The lowest BCUT2D eigenvalue weighted by Gasteiger charge is -2.08. The minimum atomic E-state index is 0.585. The van der Waals surface area contributed by atoms with Crippen molar-refractivity contribution in [3.05, 3.63) is 64.4 Å². The lowest BCUT2D eigenvalue weighted by molar-refractivity contribution is 1.05. The van der Waals surface area contributed by atoms with Crippen LogP contribution in [0.5, 0.6) is 0 Å². The van der Waals surface area contributed by atoms with Gasteiger partial charge in [0, 0.05) is 28.2 Å². The summed E-state index contributed by atoms with van der Waals surface area (Å²) in [7, 11) is 0. The smallest absolute Gasteiger partial charge is 0.188 e. The third-order valence-electron chi connectivity index (χ3n) is 3.74. The van der Waals surface area contributed by atoms with Gasteiger partial charge in [0.2, 0.25) is 0 Å². The number of hydrogen-bond acceptors (Lipinski definition) is 6. The molecule has 7 heteroatoms. The van der Waals surface area contributed by atoms with Gasteiger partial charge in [-0.3, -0.25) is 0 Å². The zero-order valence-corrected chi connectivity index (χ0v) is 15.0. The predicted molar refractivity (Wildman–Crippen MR) is 102 cm³/mol. The van der Waals surface area contributed by atoms with Crippen LogP contribution in [0.2, 0.25) is 5.02 Å². The molecule has 0 fully saturated rings. The molecule has 0 spiro atoms. The number of pyridine rings is 1. The maximum Gasteiger partial charge on any atom is 0.188 e. The number of nitrogens with zero attached hydrogens (tertiary/aromatic N) is 4. The molecule has 0 radical (unpaired) electrons. The van der Waals surface area contributed by atoms with Crippen LogP contribution in [-0.2, 0) is 6.54 Å². The molecule has 1 N–H and O–H groups in total. The number of hydrogen-bond donors (Lipinski definition) is 1. The Labute approximate surface area is 153 Å². The Hall–Kier alpha value is -2.57. The molecule has 0 aliphatic rings. The molecule has 3 heterocycles. The highest BCUT2D eigenvalue weighted by molar-refractivity contribution is 7.13. The molecule has 0 unspecified atom stereocenters. The molecular weight excluding hydrogens is 354 g/mol. The van der Waals surface area contributed by atoms with E-state index in [-0.39, 0.29) is 0 Å². The minimum Gasteiger partial charge on any atom is -0.364 e. The van der Waals surface area contributed by atoms with E-state index in [1.165, 1.54) is 11.3 Å². The van der Waals surface area contributed by atoms with Crippen LogP contribution in [0.1, 0.15) is 11.3 Å². The summed E-state index contributed by atoms with van der Waals surface area (Å²) in [6.45, 7) is 2.65. The summed E-state index contributed by atoms with van der Waals surface area (Å²) in [6, 6.07) is 9.58. The summed E-state index contributed by atoms with van der Waals surface area (Å²) in [4.78, 5) is 17.7. The molecule has 5 nitrogen and oxygen atoms in total. The maximum absolute atomic E-state index is 6.08. The minimum absolute atomic E-state index is 0.585. The number of halogens is 1. The third kappa shape index (κ3) is 3.45. The van der Waals surface area contributed by atoms with Gasteiger partial charge in [-0.05, 0) is 36.8 Å². The van der Waals surface area contributed by atoms with E-state index in [1.54, 1.807) is 18.5 Å². The predicted octanol–water partition coefficient (Wildman–Crippen LogP) is 4.72. The molecule has 0 aliphatic carbocycles. The molecule has 0 aliphatic heterocycles. The number of nitrogens with one attached hydrogen (secondary N) is 1. The van der Waals surface area contributed by atoms with E-state index in [2.05, 4.69) is 32.2 Å². The van der Waals surface area contributed by atoms with Gasteiger partial charge in [0.15, 0.2) is 10.8 Å². The number of benzene rings is 1. The number of anilines is 1. The lowest BCUT2D eigenvalue weighted by atomic mass is 10.1. The van der Waals surface area contributed by atoms with Gasteiger partial charge in [-0.2, -0.15) is 0 Å². The molecule has 3 aromatic heterocycles. The van der Waals surface area contributed by atoms with Crippen LogP contribution in [0.3, 0.4) is 0 Å². The molecule has 0 saturated carbocycles. The van der Waals surface area contributed by atoms with Gasteiger partial charge in [-0.1, -0.05) is 17.7 Å². The highest BCUT2D eigenvalue weighted by atomic mass is 35.5. The second-order valence-corrected chi connectivity index (χ2v) is 6.85. The highest BCUT2D eigenvalue weighted by Gasteiger charge is 2.08. The number of thiazole rings is 1. The molecule has 4 rings (SSSR count). The number of rotatable bonds is 4. The second-order valence-electron chi connectivity index (χ2n) is 5.56. The van der Waals surface area contributed by atoms with Crippen molar-refractivity contribution in [1.29, 1.82) is 0 Å². The summed E-state index contributed by atoms with van der Waals surface area (Å²) >= 11 is 7.61. The van der Waals surface area contributed by atoms with Gasteiger partial charge in [0.05, 0.1) is 17.8 Å². The van der Waals surface area contributed by atoms with Gasteiger partial charge in [0.25, 0.3) is 0 Å². The number of fused-ring (bicyclic) bond motifs is 1. The Morgan fingerprint density at radius 2 is 1.96 bits per heavy atom. The molecule has 25 heavy (non-hydrogen) atoms. The second kappa shape index (κ2) is 6.74. The van der Waals surface area contributed by atoms with Gasteiger partial charge >= 0.3 is 0 Å². The topological polar surface area (TPSA) is 63.6 Å². The lowest BCUT2D eigenvalue weighted by Crippen LogP contribution is -2.02. The van der Waals surface area contributed by atoms with Gasteiger partial charge < -0.3 is 5.32 Å². The van der Waals surface area contributed by atoms with E-state index in [1.807, 2.05) is 29.6 Å². The maximum atomic E-state index is 6.08. The standard InChI is InChI=1S/C18H14ClN5S/c1-11-7-16(24-15-8-12(19)3-4-14(11)15)22-9-13-10-25-18(23-13)17-20-5-2-6-21-17/h2-8,10H,9H2,1H3,(H,22,24). The van der Waals surface area contributed by atoms with Crippen molar-refractivity contribution in [2.45, 2.75) is 13.5 Å². The molecule has 0 amide bonds. The normalized spacial score (nSPS) is 11.0. The van der Waals surface area contributed by atoms with Gasteiger partial charge in [-0.25, -0.2) is 19.9 Å². The number of aryl methyl sites for hydroxylation is 1. The molecule has 4 aromatic rings.